The summed E-state index contributed by atoms with van der Waals surface area (Å²) in [6, 6.07) is 12.4. The van der Waals surface area contributed by atoms with Gasteiger partial charge in [-0.05, 0) is 36.2 Å². The molecule has 0 saturated heterocycles. The van der Waals surface area contributed by atoms with E-state index in [1.165, 1.54) is 0 Å². The van der Waals surface area contributed by atoms with Crippen LogP contribution in [0, 0.1) is 6.92 Å². The van der Waals surface area contributed by atoms with Crippen LogP contribution in [0.5, 0.6) is 0 Å². The predicted octanol–water partition coefficient (Wildman–Crippen LogP) is 2.71. The number of imidazole rings is 1. The standard InChI is InChI=1S/C21H20N4O4S/c1-13-17-7-6-15(20-23-8-9-25(20)2)12-19(17)29-21(26)18(13)11-14-4-3-5-16(10-14)24-30(22,27)28/h3-10,12,24H,11H2,1-2H3,(H2,22,27,28). The minimum atomic E-state index is -3.87. The molecule has 154 valence electrons. The molecule has 0 bridgehead atoms. The van der Waals surface area contributed by atoms with Crippen molar-refractivity contribution in [3.8, 4) is 11.4 Å². The average molecular weight is 424 g/mol. The highest BCUT2D eigenvalue weighted by atomic mass is 32.2. The molecule has 0 atom stereocenters. The first-order valence-corrected chi connectivity index (χ1v) is 10.7. The highest BCUT2D eigenvalue weighted by Gasteiger charge is 2.14. The summed E-state index contributed by atoms with van der Waals surface area (Å²) in [5, 5.41) is 5.86. The molecular weight excluding hydrogens is 404 g/mol. The van der Waals surface area contributed by atoms with Gasteiger partial charge in [0, 0.05) is 42.4 Å². The van der Waals surface area contributed by atoms with Gasteiger partial charge < -0.3 is 8.98 Å². The van der Waals surface area contributed by atoms with Gasteiger partial charge in [0.15, 0.2) is 0 Å². The minimum absolute atomic E-state index is 0.297. The molecule has 30 heavy (non-hydrogen) atoms. The molecule has 0 unspecified atom stereocenters. The minimum Gasteiger partial charge on any atom is -0.422 e. The summed E-state index contributed by atoms with van der Waals surface area (Å²) < 4.78 is 32.2. The van der Waals surface area contributed by atoms with Crippen LogP contribution in [0.1, 0.15) is 16.7 Å². The van der Waals surface area contributed by atoms with E-state index in [0.29, 0.717) is 23.3 Å². The van der Waals surface area contributed by atoms with Gasteiger partial charge in [0.25, 0.3) is 10.2 Å². The van der Waals surface area contributed by atoms with Gasteiger partial charge in [-0.25, -0.2) is 14.9 Å². The molecule has 0 radical (unpaired) electrons. The van der Waals surface area contributed by atoms with Crippen LogP contribution in [0.15, 0.2) is 64.1 Å². The Hall–Kier alpha value is -3.43. The number of nitrogens with two attached hydrogens (primary N) is 1. The Morgan fingerprint density at radius 1 is 1.20 bits per heavy atom. The Morgan fingerprint density at radius 2 is 2.00 bits per heavy atom. The fraction of sp³-hybridized carbons (Fsp3) is 0.143. The smallest absolute Gasteiger partial charge is 0.340 e. The Bertz CT molecular complexity index is 1420. The summed E-state index contributed by atoms with van der Waals surface area (Å²) in [6.07, 6.45) is 3.86. The first kappa shape index (κ1) is 19.9. The Kier molecular flexibility index (Phi) is 4.92. The molecule has 0 spiro atoms. The lowest BCUT2D eigenvalue weighted by Gasteiger charge is -2.10. The van der Waals surface area contributed by atoms with E-state index in [1.54, 1.807) is 24.4 Å². The van der Waals surface area contributed by atoms with Crippen LogP contribution < -0.4 is 15.5 Å². The lowest BCUT2D eigenvalue weighted by molar-refractivity contribution is 0.551. The molecule has 4 rings (SSSR count). The summed E-state index contributed by atoms with van der Waals surface area (Å²) in [5.74, 6) is 0.778. The zero-order valence-corrected chi connectivity index (χ0v) is 17.2. The number of hydrogen-bond donors (Lipinski definition) is 2. The number of nitrogens with zero attached hydrogens (tertiary/aromatic N) is 2. The van der Waals surface area contributed by atoms with Crippen molar-refractivity contribution in [2.75, 3.05) is 4.72 Å². The quantitative estimate of drug-likeness (QED) is 0.477. The lowest BCUT2D eigenvalue weighted by Crippen LogP contribution is -2.21. The molecule has 9 heteroatoms. The van der Waals surface area contributed by atoms with E-state index in [-0.39, 0.29) is 0 Å². The lowest BCUT2D eigenvalue weighted by atomic mass is 9.98. The van der Waals surface area contributed by atoms with Crippen molar-refractivity contribution in [1.82, 2.24) is 9.55 Å². The van der Waals surface area contributed by atoms with Gasteiger partial charge in [-0.2, -0.15) is 8.42 Å². The summed E-state index contributed by atoms with van der Waals surface area (Å²) >= 11 is 0. The fourth-order valence-corrected chi connectivity index (χ4v) is 3.95. The van der Waals surface area contributed by atoms with Crippen LogP contribution in [-0.2, 0) is 23.7 Å². The van der Waals surface area contributed by atoms with Gasteiger partial charge in [-0.1, -0.05) is 24.3 Å². The van der Waals surface area contributed by atoms with Crippen LogP contribution in [0.25, 0.3) is 22.4 Å². The van der Waals surface area contributed by atoms with Crippen molar-refractivity contribution in [2.45, 2.75) is 13.3 Å². The summed E-state index contributed by atoms with van der Waals surface area (Å²) in [5.41, 5.74) is 3.33. The zero-order valence-electron chi connectivity index (χ0n) is 16.4. The molecule has 0 saturated carbocycles. The molecule has 0 amide bonds. The molecule has 3 N–H and O–H groups in total. The maximum Gasteiger partial charge on any atom is 0.340 e. The molecule has 8 nitrogen and oxygen atoms in total. The fourth-order valence-electron chi connectivity index (χ4n) is 3.49. The van der Waals surface area contributed by atoms with Crippen LogP contribution >= 0.6 is 0 Å². The number of rotatable bonds is 5. The maximum absolute atomic E-state index is 12.7. The van der Waals surface area contributed by atoms with Gasteiger partial charge in [0.05, 0.1) is 5.69 Å². The summed E-state index contributed by atoms with van der Waals surface area (Å²) in [7, 11) is -1.98. The normalized spacial score (nSPS) is 11.7. The van der Waals surface area contributed by atoms with E-state index >= 15 is 0 Å². The molecule has 2 aromatic heterocycles. The SMILES string of the molecule is Cc1c(Cc2cccc(NS(N)(=O)=O)c2)c(=O)oc2cc(-c3nccn3C)ccc12. The van der Waals surface area contributed by atoms with Gasteiger partial charge >= 0.3 is 5.63 Å². The molecular formula is C21H20N4O4S. The Balaban J connectivity index is 1.73. The van der Waals surface area contributed by atoms with Crippen molar-refractivity contribution in [2.24, 2.45) is 12.2 Å². The van der Waals surface area contributed by atoms with Crippen LogP contribution in [-0.4, -0.2) is 18.0 Å². The molecule has 0 fully saturated rings. The zero-order chi connectivity index (χ0) is 21.5. The van der Waals surface area contributed by atoms with Crippen LogP contribution in [0.2, 0.25) is 0 Å². The van der Waals surface area contributed by atoms with Gasteiger partial charge in [-0.15, -0.1) is 0 Å². The number of aromatic nitrogens is 2. The molecule has 0 aliphatic heterocycles. The van der Waals surface area contributed by atoms with Crippen LogP contribution in [0.4, 0.5) is 5.69 Å². The first-order valence-electron chi connectivity index (χ1n) is 9.15. The van der Waals surface area contributed by atoms with Crippen molar-refractivity contribution in [3.05, 3.63) is 82.0 Å². The summed E-state index contributed by atoms with van der Waals surface area (Å²) in [6.45, 7) is 1.88. The van der Waals surface area contributed by atoms with E-state index in [9.17, 15) is 13.2 Å². The third kappa shape index (κ3) is 3.98. The third-order valence-corrected chi connectivity index (χ3v) is 5.45. The van der Waals surface area contributed by atoms with Crippen molar-refractivity contribution in [1.29, 1.82) is 0 Å². The van der Waals surface area contributed by atoms with Crippen molar-refractivity contribution >= 4 is 26.9 Å². The van der Waals surface area contributed by atoms with E-state index in [2.05, 4.69) is 9.71 Å². The van der Waals surface area contributed by atoms with E-state index in [0.717, 1.165) is 27.9 Å². The number of benzene rings is 2. The summed E-state index contributed by atoms with van der Waals surface area (Å²) in [4.78, 5) is 17.0. The van der Waals surface area contributed by atoms with Crippen molar-refractivity contribution in [3.63, 3.8) is 0 Å². The second-order valence-electron chi connectivity index (χ2n) is 7.09. The second-order valence-corrected chi connectivity index (χ2v) is 8.38. The molecule has 2 heterocycles. The van der Waals surface area contributed by atoms with Gasteiger partial charge in [-0.3, -0.25) is 4.72 Å². The van der Waals surface area contributed by atoms with Crippen LogP contribution in [0.3, 0.4) is 0 Å². The van der Waals surface area contributed by atoms with Gasteiger partial charge in [0.1, 0.15) is 11.4 Å². The number of anilines is 1. The topological polar surface area (TPSA) is 120 Å². The molecule has 2 aromatic carbocycles. The first-order chi connectivity index (χ1) is 14.2. The Labute approximate surface area is 173 Å². The number of hydrogen-bond acceptors (Lipinski definition) is 5. The molecule has 0 aliphatic carbocycles. The highest BCUT2D eigenvalue weighted by molar-refractivity contribution is 7.90. The number of nitrogens with one attached hydrogen (secondary N) is 1. The third-order valence-electron chi connectivity index (χ3n) is 4.93. The highest BCUT2D eigenvalue weighted by Crippen LogP contribution is 2.26. The Morgan fingerprint density at radius 3 is 2.70 bits per heavy atom. The maximum atomic E-state index is 12.7. The molecule has 0 aliphatic rings. The van der Waals surface area contributed by atoms with Gasteiger partial charge in [0.2, 0.25) is 0 Å². The van der Waals surface area contributed by atoms with E-state index < -0.39 is 15.8 Å². The monoisotopic (exact) mass is 424 g/mol. The number of aryl methyl sites for hydroxylation is 2. The van der Waals surface area contributed by atoms with E-state index in [1.807, 2.05) is 49.0 Å². The van der Waals surface area contributed by atoms with Crippen molar-refractivity contribution < 1.29 is 12.8 Å². The largest absolute Gasteiger partial charge is 0.422 e. The predicted molar refractivity (Wildman–Crippen MR) is 115 cm³/mol. The average Bonchev–Trinajstić information content (AvgIpc) is 3.09. The van der Waals surface area contributed by atoms with E-state index in [4.69, 9.17) is 9.56 Å². The number of fused-ring (bicyclic) bond motifs is 1. The molecule has 4 aromatic rings. The second kappa shape index (κ2) is 7.43.